The van der Waals surface area contributed by atoms with E-state index in [0.29, 0.717) is 0 Å². The van der Waals surface area contributed by atoms with Crippen LogP contribution in [-0.4, -0.2) is 22.6 Å². The lowest BCUT2D eigenvalue weighted by atomic mass is 9.46. The lowest BCUT2D eigenvalue weighted by Gasteiger charge is -2.54. The van der Waals surface area contributed by atoms with Crippen LogP contribution in [0, 0.1) is 5.41 Å². The maximum Gasteiger partial charge on any atom is 0.348 e. The fourth-order valence-electron chi connectivity index (χ4n) is 4.87. The van der Waals surface area contributed by atoms with Crippen LogP contribution in [0.25, 0.3) is 0 Å². The Labute approximate surface area is 132 Å². The van der Waals surface area contributed by atoms with Gasteiger partial charge in [-0.05, 0) is 29.2 Å². The first-order valence-electron chi connectivity index (χ1n) is 7.68. The average Bonchev–Trinajstić information content (AvgIpc) is 2.75. The van der Waals surface area contributed by atoms with Crippen molar-refractivity contribution in [1.82, 2.24) is 0 Å². The standard InChI is InChI=1S/C19H14O4/c1-18-14-10-6-2-4-8-12(10)15(13-9-5-3-7-11(13)14)19(18,22)17(21)23-16(18)20/h2-9,14-15,22H,1H3/t14?,15?,18-,19+/m1/s1. The number of rotatable bonds is 0. The molecule has 2 bridgehead atoms. The maximum atomic E-state index is 12.6. The molecule has 1 aliphatic heterocycles. The van der Waals surface area contributed by atoms with Gasteiger partial charge in [-0.3, -0.25) is 4.79 Å². The van der Waals surface area contributed by atoms with Crippen molar-refractivity contribution in [2.24, 2.45) is 5.41 Å². The molecule has 0 radical (unpaired) electrons. The number of hydrogen-bond acceptors (Lipinski definition) is 4. The third-order valence-electron chi connectivity index (χ3n) is 5.94. The number of carbonyl (C=O) groups excluding carboxylic acids is 2. The predicted molar refractivity (Wildman–Crippen MR) is 80.7 cm³/mol. The van der Waals surface area contributed by atoms with E-state index in [1.807, 2.05) is 48.5 Å². The van der Waals surface area contributed by atoms with E-state index in [1.165, 1.54) is 0 Å². The first-order valence-corrected chi connectivity index (χ1v) is 7.68. The Balaban J connectivity index is 1.97. The van der Waals surface area contributed by atoms with Gasteiger partial charge in [0.05, 0.1) is 5.92 Å². The Morgan fingerprint density at radius 2 is 1.26 bits per heavy atom. The number of cyclic esters (lactones) is 2. The Morgan fingerprint density at radius 3 is 1.74 bits per heavy atom. The number of benzene rings is 2. The fraction of sp³-hybridized carbons (Fsp3) is 0.263. The van der Waals surface area contributed by atoms with Crippen LogP contribution in [0.5, 0.6) is 0 Å². The van der Waals surface area contributed by atoms with Gasteiger partial charge >= 0.3 is 11.9 Å². The van der Waals surface area contributed by atoms with Crippen molar-refractivity contribution in [3.05, 3.63) is 70.8 Å². The number of carbonyl (C=O) groups is 2. The Kier molecular flexibility index (Phi) is 2.10. The van der Waals surface area contributed by atoms with Crippen LogP contribution >= 0.6 is 0 Å². The van der Waals surface area contributed by atoms with Crippen LogP contribution in [0.2, 0.25) is 0 Å². The Bertz CT molecular complexity index is 782. The van der Waals surface area contributed by atoms with E-state index in [9.17, 15) is 14.7 Å². The number of aliphatic hydroxyl groups is 1. The molecule has 1 N–H and O–H groups in total. The number of ether oxygens (including phenoxy) is 1. The summed E-state index contributed by atoms with van der Waals surface area (Å²) in [6, 6.07) is 15.4. The van der Waals surface area contributed by atoms with Gasteiger partial charge < -0.3 is 9.84 Å². The van der Waals surface area contributed by atoms with Gasteiger partial charge in [0.25, 0.3) is 0 Å². The van der Waals surface area contributed by atoms with Gasteiger partial charge in [0, 0.05) is 5.92 Å². The van der Waals surface area contributed by atoms with Crippen molar-refractivity contribution < 1.29 is 19.4 Å². The minimum atomic E-state index is -1.85. The molecule has 2 aromatic rings. The molecule has 4 aliphatic rings. The van der Waals surface area contributed by atoms with Crippen molar-refractivity contribution in [2.45, 2.75) is 24.4 Å². The van der Waals surface area contributed by atoms with E-state index in [4.69, 9.17) is 4.74 Å². The molecule has 2 aromatic carbocycles. The second kappa shape index (κ2) is 3.71. The third-order valence-corrected chi connectivity index (χ3v) is 5.94. The van der Waals surface area contributed by atoms with Crippen LogP contribution in [0.4, 0.5) is 0 Å². The zero-order valence-electron chi connectivity index (χ0n) is 12.4. The van der Waals surface area contributed by atoms with Gasteiger partial charge in [0.1, 0.15) is 5.41 Å². The average molecular weight is 306 g/mol. The summed E-state index contributed by atoms with van der Waals surface area (Å²) in [4.78, 5) is 25.0. The smallest absolute Gasteiger partial charge is 0.348 e. The van der Waals surface area contributed by atoms with Crippen LogP contribution in [0.3, 0.4) is 0 Å². The predicted octanol–water partition coefficient (Wildman–Crippen LogP) is 2.10. The molecule has 2 atom stereocenters. The van der Waals surface area contributed by atoms with Crippen molar-refractivity contribution in [1.29, 1.82) is 0 Å². The van der Waals surface area contributed by atoms with Gasteiger partial charge in [-0.2, -0.15) is 0 Å². The van der Waals surface area contributed by atoms with Crippen LogP contribution in [0.15, 0.2) is 48.5 Å². The first-order chi connectivity index (χ1) is 11.0. The van der Waals surface area contributed by atoms with Gasteiger partial charge in [-0.1, -0.05) is 48.5 Å². The largest absolute Gasteiger partial charge is 0.390 e. The second-order valence-corrected chi connectivity index (χ2v) is 6.77. The highest BCUT2D eigenvalue weighted by Gasteiger charge is 2.77. The van der Waals surface area contributed by atoms with Crippen molar-refractivity contribution in [3.63, 3.8) is 0 Å². The molecule has 0 amide bonds. The molecular formula is C19H14O4. The first kappa shape index (κ1) is 13.0. The quantitative estimate of drug-likeness (QED) is 0.598. The van der Waals surface area contributed by atoms with E-state index >= 15 is 0 Å². The molecule has 3 aliphatic carbocycles. The normalized spacial score (nSPS) is 36.3. The van der Waals surface area contributed by atoms with E-state index in [0.717, 1.165) is 22.3 Å². The minimum Gasteiger partial charge on any atom is -0.390 e. The zero-order valence-corrected chi connectivity index (χ0v) is 12.4. The zero-order chi connectivity index (χ0) is 16.0. The lowest BCUT2D eigenvalue weighted by molar-refractivity contribution is -0.161. The molecule has 1 fully saturated rings. The van der Waals surface area contributed by atoms with Gasteiger partial charge in [0.15, 0.2) is 5.60 Å². The maximum absolute atomic E-state index is 12.6. The summed E-state index contributed by atoms with van der Waals surface area (Å²) in [6.07, 6.45) is 0. The Morgan fingerprint density at radius 1 is 0.826 bits per heavy atom. The van der Waals surface area contributed by atoms with Gasteiger partial charge in [-0.15, -0.1) is 0 Å². The van der Waals surface area contributed by atoms with E-state index in [1.54, 1.807) is 6.92 Å². The van der Waals surface area contributed by atoms with Crippen molar-refractivity contribution in [3.8, 4) is 0 Å². The number of esters is 2. The molecule has 114 valence electrons. The van der Waals surface area contributed by atoms with Gasteiger partial charge in [-0.25, -0.2) is 4.79 Å². The molecule has 0 saturated carbocycles. The highest BCUT2D eigenvalue weighted by molar-refractivity contribution is 6.07. The molecule has 4 heteroatoms. The summed E-state index contributed by atoms with van der Waals surface area (Å²) >= 11 is 0. The summed E-state index contributed by atoms with van der Waals surface area (Å²) in [5.41, 5.74) is 0.658. The molecule has 0 spiro atoms. The second-order valence-electron chi connectivity index (χ2n) is 6.77. The summed E-state index contributed by atoms with van der Waals surface area (Å²) in [6.45, 7) is 1.66. The summed E-state index contributed by atoms with van der Waals surface area (Å²) in [5, 5.41) is 11.4. The highest BCUT2D eigenvalue weighted by Crippen LogP contribution is 2.68. The molecule has 4 nitrogen and oxygen atoms in total. The molecule has 6 rings (SSSR count). The molecule has 1 heterocycles. The molecule has 0 aromatic heterocycles. The van der Waals surface area contributed by atoms with E-state index < -0.39 is 28.9 Å². The molecule has 23 heavy (non-hydrogen) atoms. The fourth-order valence-corrected chi connectivity index (χ4v) is 4.87. The lowest BCUT2D eigenvalue weighted by Crippen LogP contribution is -2.62. The monoisotopic (exact) mass is 306 g/mol. The highest BCUT2D eigenvalue weighted by atomic mass is 16.6. The third kappa shape index (κ3) is 1.14. The molecule has 1 saturated heterocycles. The van der Waals surface area contributed by atoms with E-state index in [-0.39, 0.29) is 5.92 Å². The SMILES string of the molecule is C[C@@]12C(=O)OC(=O)[C@@]1(O)C1c3ccccc3C2c2ccccc21. The van der Waals surface area contributed by atoms with Gasteiger partial charge in [0.2, 0.25) is 0 Å². The van der Waals surface area contributed by atoms with Crippen LogP contribution < -0.4 is 0 Å². The summed E-state index contributed by atoms with van der Waals surface area (Å²) in [7, 11) is 0. The van der Waals surface area contributed by atoms with Crippen LogP contribution in [0.1, 0.15) is 41.0 Å². The minimum absolute atomic E-state index is 0.385. The Hall–Kier alpha value is -2.46. The van der Waals surface area contributed by atoms with E-state index in [2.05, 4.69) is 0 Å². The topological polar surface area (TPSA) is 63.6 Å². The van der Waals surface area contributed by atoms with Crippen LogP contribution in [-0.2, 0) is 14.3 Å². The van der Waals surface area contributed by atoms with Crippen molar-refractivity contribution in [2.75, 3.05) is 0 Å². The number of hydrogen-bond donors (Lipinski definition) is 1. The molecule has 0 unspecified atom stereocenters. The summed E-state index contributed by atoms with van der Waals surface area (Å²) in [5.74, 6) is -2.43. The van der Waals surface area contributed by atoms with Crippen molar-refractivity contribution >= 4 is 11.9 Å². The molecular weight excluding hydrogens is 292 g/mol. The summed E-state index contributed by atoms with van der Waals surface area (Å²) < 4.78 is 4.93.